The fourth-order valence-electron chi connectivity index (χ4n) is 3.03. The normalized spacial score (nSPS) is 17.0. The first-order valence-corrected chi connectivity index (χ1v) is 9.67. The number of hydrogen-bond acceptors (Lipinski definition) is 4. The van der Waals surface area contributed by atoms with Crippen LogP contribution in [0.15, 0.2) is 24.3 Å². The molecule has 0 unspecified atom stereocenters. The number of rotatable bonds is 4. The third kappa shape index (κ3) is 4.73. The Balaban J connectivity index is 1.57. The molecule has 1 heterocycles. The Morgan fingerprint density at radius 1 is 1.44 bits per heavy atom. The van der Waals surface area contributed by atoms with Gasteiger partial charge in [-0.1, -0.05) is 38.4 Å². The molecular formula is C19H23ClN2O2S. The van der Waals surface area contributed by atoms with Gasteiger partial charge in [0.05, 0.1) is 5.69 Å². The van der Waals surface area contributed by atoms with Crippen molar-refractivity contribution in [2.75, 3.05) is 11.9 Å². The smallest absolute Gasteiger partial charge is 0.264 e. The van der Waals surface area contributed by atoms with Crippen LogP contribution in [0.1, 0.15) is 37.8 Å². The summed E-state index contributed by atoms with van der Waals surface area (Å²) in [6, 6.07) is 7.01. The maximum Gasteiger partial charge on any atom is 0.264 e. The molecule has 2 aromatic rings. The molecule has 4 nitrogen and oxygen atoms in total. The number of aromatic nitrogens is 1. The van der Waals surface area contributed by atoms with Crippen LogP contribution in [0.3, 0.4) is 0 Å². The lowest BCUT2D eigenvalue weighted by Crippen LogP contribution is -2.26. The number of ether oxygens (including phenoxy) is 1. The average Bonchev–Trinajstić information content (AvgIpc) is 2.93. The van der Waals surface area contributed by atoms with E-state index in [2.05, 4.69) is 31.1 Å². The minimum atomic E-state index is -0.210. The molecule has 0 saturated carbocycles. The molecule has 0 aliphatic heterocycles. The molecule has 134 valence electrons. The number of aryl methyl sites for hydroxylation is 1. The van der Waals surface area contributed by atoms with Crippen molar-refractivity contribution in [1.29, 1.82) is 0 Å². The highest BCUT2D eigenvalue weighted by Crippen LogP contribution is 2.40. The number of thiazole rings is 1. The molecule has 6 heteroatoms. The molecule has 1 aromatic carbocycles. The first kappa shape index (κ1) is 18.2. The van der Waals surface area contributed by atoms with Crippen molar-refractivity contribution in [3.63, 3.8) is 0 Å². The summed E-state index contributed by atoms with van der Waals surface area (Å²) in [6.07, 6.45) is 3.19. The summed E-state index contributed by atoms with van der Waals surface area (Å²) in [6.45, 7) is 6.81. The fourth-order valence-corrected chi connectivity index (χ4v) is 4.31. The van der Waals surface area contributed by atoms with E-state index >= 15 is 0 Å². The Morgan fingerprint density at radius 3 is 2.96 bits per heavy atom. The average molecular weight is 379 g/mol. The topological polar surface area (TPSA) is 51.2 Å². The molecule has 1 aromatic heterocycles. The molecule has 0 fully saturated rings. The van der Waals surface area contributed by atoms with Crippen molar-refractivity contribution in [2.45, 2.75) is 40.0 Å². The van der Waals surface area contributed by atoms with Gasteiger partial charge in [0.2, 0.25) is 0 Å². The van der Waals surface area contributed by atoms with Gasteiger partial charge in [-0.25, -0.2) is 4.98 Å². The largest absolute Gasteiger partial charge is 0.484 e. The second-order valence-corrected chi connectivity index (χ2v) is 9.01. The predicted octanol–water partition coefficient (Wildman–Crippen LogP) is 4.97. The standard InChI is InChI=1S/C19H23ClN2O2S/c1-19(2,3)12-7-8-15-16(9-12)25-18(21-15)22-17(23)11-24-14-6-4-5-13(20)10-14/h4-6,10,12H,7-9,11H2,1-3H3,(H,21,22,23)/t12-/m1/s1. The van der Waals surface area contributed by atoms with E-state index in [-0.39, 0.29) is 12.5 Å². The number of halogens is 1. The Hall–Kier alpha value is -1.59. The predicted molar refractivity (Wildman–Crippen MR) is 103 cm³/mol. The van der Waals surface area contributed by atoms with Gasteiger partial charge < -0.3 is 4.74 Å². The number of carbonyl (C=O) groups is 1. The zero-order valence-corrected chi connectivity index (χ0v) is 16.3. The SMILES string of the molecule is CC(C)(C)[C@@H]1CCc2nc(NC(=O)COc3cccc(Cl)c3)sc2C1. The number of hydrogen-bond donors (Lipinski definition) is 1. The Morgan fingerprint density at radius 2 is 2.24 bits per heavy atom. The van der Waals surface area contributed by atoms with E-state index in [9.17, 15) is 4.79 Å². The van der Waals surface area contributed by atoms with E-state index in [1.54, 1.807) is 35.6 Å². The van der Waals surface area contributed by atoms with E-state index < -0.39 is 0 Å². The zero-order valence-electron chi connectivity index (χ0n) is 14.8. The number of fused-ring (bicyclic) bond motifs is 1. The fraction of sp³-hybridized carbons (Fsp3) is 0.474. The highest BCUT2D eigenvalue weighted by atomic mass is 35.5. The Kier molecular flexibility index (Phi) is 5.35. The quantitative estimate of drug-likeness (QED) is 0.817. The summed E-state index contributed by atoms with van der Waals surface area (Å²) >= 11 is 7.49. The van der Waals surface area contributed by atoms with E-state index in [4.69, 9.17) is 16.3 Å². The zero-order chi connectivity index (χ0) is 18.0. The molecule has 1 aliphatic carbocycles. The first-order chi connectivity index (χ1) is 11.8. The number of anilines is 1. The lowest BCUT2D eigenvalue weighted by molar-refractivity contribution is -0.118. The summed E-state index contributed by atoms with van der Waals surface area (Å²) < 4.78 is 5.46. The van der Waals surface area contributed by atoms with Crippen LogP contribution in [0.25, 0.3) is 0 Å². The number of nitrogens with one attached hydrogen (secondary N) is 1. The Bertz CT molecular complexity index is 767. The Labute approximate surface area is 157 Å². The highest BCUT2D eigenvalue weighted by Gasteiger charge is 2.30. The van der Waals surface area contributed by atoms with E-state index in [0.29, 0.717) is 27.2 Å². The van der Waals surface area contributed by atoms with Gasteiger partial charge in [0.25, 0.3) is 5.91 Å². The highest BCUT2D eigenvalue weighted by molar-refractivity contribution is 7.15. The van der Waals surface area contributed by atoms with E-state index in [1.165, 1.54) is 4.88 Å². The minimum absolute atomic E-state index is 0.0603. The van der Waals surface area contributed by atoms with Crippen LogP contribution in [0, 0.1) is 11.3 Å². The van der Waals surface area contributed by atoms with Crippen molar-refractivity contribution in [3.8, 4) is 5.75 Å². The van der Waals surface area contributed by atoms with Crippen LogP contribution in [0.2, 0.25) is 5.02 Å². The molecular weight excluding hydrogens is 356 g/mol. The van der Waals surface area contributed by atoms with Crippen LogP contribution in [-0.2, 0) is 17.6 Å². The van der Waals surface area contributed by atoms with Crippen molar-refractivity contribution in [1.82, 2.24) is 4.98 Å². The van der Waals surface area contributed by atoms with E-state index in [0.717, 1.165) is 25.0 Å². The second-order valence-electron chi connectivity index (χ2n) is 7.49. The van der Waals surface area contributed by atoms with Crippen LogP contribution in [0.5, 0.6) is 5.75 Å². The molecule has 0 saturated heterocycles. The van der Waals surface area contributed by atoms with Gasteiger partial charge in [-0.05, 0) is 48.8 Å². The van der Waals surface area contributed by atoms with Crippen molar-refractivity contribution in [2.24, 2.45) is 11.3 Å². The van der Waals surface area contributed by atoms with Crippen molar-refractivity contribution < 1.29 is 9.53 Å². The monoisotopic (exact) mass is 378 g/mol. The molecule has 0 bridgehead atoms. The van der Waals surface area contributed by atoms with Gasteiger partial charge >= 0.3 is 0 Å². The van der Waals surface area contributed by atoms with Gasteiger partial charge in [0.1, 0.15) is 5.75 Å². The van der Waals surface area contributed by atoms with Crippen molar-refractivity contribution in [3.05, 3.63) is 39.9 Å². The van der Waals surface area contributed by atoms with Gasteiger partial charge in [0, 0.05) is 9.90 Å². The van der Waals surface area contributed by atoms with Gasteiger partial charge in [-0.2, -0.15) is 0 Å². The summed E-state index contributed by atoms with van der Waals surface area (Å²) in [5.41, 5.74) is 1.44. The molecule has 25 heavy (non-hydrogen) atoms. The molecule has 1 atom stereocenters. The maximum absolute atomic E-state index is 12.1. The maximum atomic E-state index is 12.1. The summed E-state index contributed by atoms with van der Waals surface area (Å²) in [4.78, 5) is 18.0. The molecule has 0 radical (unpaired) electrons. The van der Waals surface area contributed by atoms with Crippen molar-refractivity contribution >= 4 is 34.0 Å². The summed E-state index contributed by atoms with van der Waals surface area (Å²) in [5, 5.41) is 4.10. The van der Waals surface area contributed by atoms with Gasteiger partial charge in [0.15, 0.2) is 11.7 Å². The van der Waals surface area contributed by atoms with Crippen LogP contribution >= 0.6 is 22.9 Å². The second kappa shape index (κ2) is 7.34. The number of carbonyl (C=O) groups excluding carboxylic acids is 1. The number of benzene rings is 1. The lowest BCUT2D eigenvalue weighted by Gasteiger charge is -2.33. The molecule has 1 N–H and O–H groups in total. The molecule has 0 spiro atoms. The van der Waals surface area contributed by atoms with Crippen LogP contribution < -0.4 is 10.1 Å². The number of amides is 1. The number of nitrogens with zero attached hydrogens (tertiary/aromatic N) is 1. The van der Waals surface area contributed by atoms with Crippen LogP contribution in [-0.4, -0.2) is 17.5 Å². The van der Waals surface area contributed by atoms with Crippen LogP contribution in [0.4, 0.5) is 5.13 Å². The summed E-state index contributed by atoms with van der Waals surface area (Å²) in [7, 11) is 0. The summed E-state index contributed by atoms with van der Waals surface area (Å²) in [5.74, 6) is 1.03. The minimum Gasteiger partial charge on any atom is -0.484 e. The molecule has 3 rings (SSSR count). The lowest BCUT2D eigenvalue weighted by atomic mass is 9.73. The van der Waals surface area contributed by atoms with E-state index in [1.807, 2.05) is 0 Å². The van der Waals surface area contributed by atoms with Gasteiger partial charge in [-0.3, -0.25) is 10.1 Å². The molecule has 1 aliphatic rings. The molecule has 1 amide bonds. The third-order valence-electron chi connectivity index (χ3n) is 4.58. The van der Waals surface area contributed by atoms with Gasteiger partial charge in [-0.15, -0.1) is 11.3 Å². The first-order valence-electron chi connectivity index (χ1n) is 8.48. The third-order valence-corrected chi connectivity index (χ3v) is 5.85.